The van der Waals surface area contributed by atoms with Crippen LogP contribution in [0.1, 0.15) is 0 Å². The number of rotatable bonds is 0. The molecule has 0 aromatic heterocycles. The molecule has 0 unspecified atom stereocenters. The van der Waals surface area contributed by atoms with Crippen LogP contribution in [-0.2, 0) is 9.59 Å². The molecule has 0 radical (unpaired) electrons. The van der Waals surface area contributed by atoms with E-state index in [1.807, 2.05) is 0 Å². The minimum absolute atomic E-state index is 0.417. The van der Waals surface area contributed by atoms with E-state index >= 15 is 0 Å². The molecule has 1 amide bonds. The van der Waals surface area contributed by atoms with Crippen molar-refractivity contribution in [3.8, 4) is 0 Å². The number of hydrogen-bond acceptors (Lipinski definition) is 3. The quantitative estimate of drug-likeness (QED) is 0.451. The fraction of sp³-hybridized carbons (Fsp3) is 0.600. The Balaban J connectivity index is 3.89. The molecule has 0 heterocycles. The Kier molecular flexibility index (Phi) is 3.30. The van der Waals surface area contributed by atoms with E-state index in [2.05, 4.69) is 0 Å². The first-order valence-electron chi connectivity index (χ1n) is 2.39. The predicted molar refractivity (Wildman–Crippen MR) is 37.2 cm³/mol. The summed E-state index contributed by atoms with van der Waals surface area (Å²) >= 11 is 0.931. The minimum atomic E-state index is -0.456. The summed E-state index contributed by atoms with van der Waals surface area (Å²) in [6.07, 6.45) is 1.59. The Hall–Kier alpha value is -0.510. The molecule has 52 valence electrons. The second kappa shape index (κ2) is 3.50. The van der Waals surface area contributed by atoms with E-state index in [-0.39, 0.29) is 0 Å². The molecule has 0 bridgehead atoms. The first-order valence-corrected chi connectivity index (χ1v) is 3.61. The van der Waals surface area contributed by atoms with Gasteiger partial charge in [-0.1, -0.05) is 11.8 Å². The molecule has 0 aliphatic heterocycles. The molecule has 0 atom stereocenters. The van der Waals surface area contributed by atoms with E-state index in [9.17, 15) is 9.59 Å². The summed E-state index contributed by atoms with van der Waals surface area (Å²) in [6.45, 7) is 0. The fourth-order valence-electron chi connectivity index (χ4n) is 0.270. The van der Waals surface area contributed by atoms with E-state index in [0.717, 1.165) is 11.8 Å². The smallest absolute Gasteiger partial charge is 0.300 e. The highest BCUT2D eigenvalue weighted by Gasteiger charge is 2.12. The number of carbonyl (C=O) groups is 2. The second-order valence-electron chi connectivity index (χ2n) is 1.69. The average Bonchev–Trinajstić information content (AvgIpc) is 1.84. The lowest BCUT2D eigenvalue weighted by Gasteiger charge is -2.05. The van der Waals surface area contributed by atoms with Crippen molar-refractivity contribution in [1.29, 1.82) is 0 Å². The van der Waals surface area contributed by atoms with Crippen LogP contribution in [0.3, 0.4) is 0 Å². The van der Waals surface area contributed by atoms with Gasteiger partial charge in [0.2, 0.25) is 0 Å². The van der Waals surface area contributed by atoms with Crippen LogP contribution in [-0.4, -0.2) is 36.3 Å². The molecular formula is C5H9NO2S. The van der Waals surface area contributed by atoms with Gasteiger partial charge in [0, 0.05) is 14.1 Å². The standard InChI is InChI=1S/C5H9NO2S/c1-6(2)4(7)5(8)9-3/h1-3H3. The summed E-state index contributed by atoms with van der Waals surface area (Å²) < 4.78 is 0. The molecule has 0 saturated carbocycles. The minimum Gasteiger partial charge on any atom is -0.341 e. The van der Waals surface area contributed by atoms with Crippen molar-refractivity contribution >= 4 is 22.8 Å². The maximum absolute atomic E-state index is 10.6. The van der Waals surface area contributed by atoms with Gasteiger partial charge in [0.15, 0.2) is 0 Å². The highest BCUT2D eigenvalue weighted by atomic mass is 32.2. The Morgan fingerprint density at radius 3 is 1.89 bits per heavy atom. The molecule has 0 rings (SSSR count). The zero-order valence-corrected chi connectivity index (χ0v) is 6.49. The molecule has 0 aromatic rings. The number of amides is 1. The topological polar surface area (TPSA) is 37.4 Å². The van der Waals surface area contributed by atoms with Crippen LogP contribution >= 0.6 is 11.8 Å². The molecular weight excluding hydrogens is 138 g/mol. The van der Waals surface area contributed by atoms with Gasteiger partial charge >= 0.3 is 5.91 Å². The van der Waals surface area contributed by atoms with Crippen molar-refractivity contribution in [2.24, 2.45) is 0 Å². The van der Waals surface area contributed by atoms with Crippen molar-refractivity contribution in [2.45, 2.75) is 0 Å². The lowest BCUT2D eigenvalue weighted by atomic mass is 10.6. The Labute approximate surface area is 58.4 Å². The Morgan fingerprint density at radius 2 is 1.78 bits per heavy atom. The molecule has 4 heteroatoms. The largest absolute Gasteiger partial charge is 0.341 e. The molecule has 3 nitrogen and oxygen atoms in total. The molecule has 0 aliphatic carbocycles. The van der Waals surface area contributed by atoms with Crippen LogP contribution in [0.15, 0.2) is 0 Å². The van der Waals surface area contributed by atoms with Crippen LogP contribution in [0, 0.1) is 0 Å². The van der Waals surface area contributed by atoms with Gasteiger partial charge in [-0.3, -0.25) is 9.59 Å². The second-order valence-corrected chi connectivity index (χ2v) is 2.47. The van der Waals surface area contributed by atoms with Crippen molar-refractivity contribution in [3.63, 3.8) is 0 Å². The third-order valence-electron chi connectivity index (χ3n) is 0.766. The summed E-state index contributed by atoms with van der Waals surface area (Å²) in [6, 6.07) is 0. The maximum atomic E-state index is 10.6. The number of hydrogen-bond donors (Lipinski definition) is 0. The average molecular weight is 147 g/mol. The van der Waals surface area contributed by atoms with E-state index < -0.39 is 11.0 Å². The van der Waals surface area contributed by atoms with Gasteiger partial charge in [-0.15, -0.1) is 0 Å². The first-order chi connectivity index (χ1) is 4.09. The van der Waals surface area contributed by atoms with Crippen molar-refractivity contribution in [2.75, 3.05) is 20.4 Å². The van der Waals surface area contributed by atoms with Gasteiger partial charge in [0.1, 0.15) is 0 Å². The summed E-state index contributed by atoms with van der Waals surface area (Å²) in [5.41, 5.74) is 0. The highest BCUT2D eigenvalue weighted by Crippen LogP contribution is 1.96. The lowest BCUT2D eigenvalue weighted by Crippen LogP contribution is -2.27. The SMILES string of the molecule is CSC(=O)C(=O)N(C)C. The van der Waals surface area contributed by atoms with Crippen molar-refractivity contribution < 1.29 is 9.59 Å². The van der Waals surface area contributed by atoms with Crippen molar-refractivity contribution in [3.05, 3.63) is 0 Å². The summed E-state index contributed by atoms with van der Waals surface area (Å²) in [5, 5.41) is -0.417. The van der Waals surface area contributed by atoms with Gasteiger partial charge in [-0.25, -0.2) is 0 Å². The summed E-state index contributed by atoms with van der Waals surface area (Å²) in [5.74, 6) is -0.456. The molecule has 0 aliphatic rings. The third kappa shape index (κ3) is 2.51. The van der Waals surface area contributed by atoms with E-state index in [0.29, 0.717) is 0 Å². The van der Waals surface area contributed by atoms with E-state index in [1.165, 1.54) is 4.90 Å². The zero-order valence-electron chi connectivity index (χ0n) is 5.67. The van der Waals surface area contributed by atoms with Gasteiger partial charge in [-0.2, -0.15) is 0 Å². The predicted octanol–water partition coefficient (Wildman–Crippen LogP) is -0.0358. The lowest BCUT2D eigenvalue weighted by molar-refractivity contribution is -0.138. The van der Waals surface area contributed by atoms with Crippen LogP contribution < -0.4 is 0 Å². The summed E-state index contributed by atoms with van der Waals surface area (Å²) in [4.78, 5) is 22.4. The van der Waals surface area contributed by atoms with Crippen LogP contribution in [0.5, 0.6) is 0 Å². The third-order valence-corrected chi connectivity index (χ3v) is 1.31. The van der Waals surface area contributed by atoms with E-state index in [4.69, 9.17) is 0 Å². The zero-order chi connectivity index (χ0) is 7.44. The number of likely N-dealkylation sites (N-methyl/N-ethyl adjacent to an activating group) is 1. The molecule has 0 spiro atoms. The normalized spacial score (nSPS) is 8.78. The van der Waals surface area contributed by atoms with Crippen LogP contribution in [0.2, 0.25) is 0 Å². The summed E-state index contributed by atoms with van der Waals surface area (Å²) in [7, 11) is 3.10. The maximum Gasteiger partial charge on any atom is 0.300 e. The van der Waals surface area contributed by atoms with Crippen LogP contribution in [0.4, 0.5) is 0 Å². The number of nitrogens with zero attached hydrogens (tertiary/aromatic N) is 1. The molecule has 0 fully saturated rings. The molecule has 0 N–H and O–H groups in total. The first kappa shape index (κ1) is 8.49. The van der Waals surface area contributed by atoms with Gasteiger partial charge in [0.05, 0.1) is 0 Å². The Bertz CT molecular complexity index is 133. The molecule has 0 aromatic carbocycles. The number of thioether (sulfide) groups is 1. The van der Waals surface area contributed by atoms with Gasteiger partial charge in [-0.05, 0) is 6.26 Å². The molecule has 9 heavy (non-hydrogen) atoms. The van der Waals surface area contributed by atoms with Gasteiger partial charge in [0.25, 0.3) is 5.12 Å². The van der Waals surface area contributed by atoms with E-state index in [1.54, 1.807) is 20.4 Å². The number of carbonyl (C=O) groups excluding carboxylic acids is 2. The van der Waals surface area contributed by atoms with Crippen LogP contribution in [0.25, 0.3) is 0 Å². The van der Waals surface area contributed by atoms with Crippen molar-refractivity contribution in [1.82, 2.24) is 4.90 Å². The van der Waals surface area contributed by atoms with Gasteiger partial charge < -0.3 is 4.90 Å². The highest BCUT2D eigenvalue weighted by molar-refractivity contribution is 8.14. The monoisotopic (exact) mass is 147 g/mol. The Morgan fingerprint density at radius 1 is 1.33 bits per heavy atom. The molecule has 0 saturated heterocycles. The fourth-order valence-corrected chi connectivity index (χ4v) is 0.627.